The van der Waals surface area contributed by atoms with Gasteiger partial charge >= 0.3 is 0 Å². The third-order valence-corrected chi connectivity index (χ3v) is 3.92. The first kappa shape index (κ1) is 16.0. The second-order valence-electron chi connectivity index (χ2n) is 6.01. The Bertz CT molecular complexity index is 815. The molecule has 1 aromatic carbocycles. The smallest absolute Gasteiger partial charge is 0.252 e. The summed E-state index contributed by atoms with van der Waals surface area (Å²) < 4.78 is 0. The van der Waals surface area contributed by atoms with Gasteiger partial charge in [-0.05, 0) is 25.5 Å². The maximum atomic E-state index is 12.2. The molecule has 1 atom stereocenters. The zero-order valence-electron chi connectivity index (χ0n) is 13.8. The summed E-state index contributed by atoms with van der Waals surface area (Å²) in [6.07, 6.45) is 0.697. The number of aromatic nitrogens is 2. The number of aryl methyl sites for hydroxylation is 2. The minimum atomic E-state index is -0.237. The fraction of sp³-hybridized carbons (Fsp3) is 0.353. The van der Waals surface area contributed by atoms with Crippen LogP contribution in [0.15, 0.2) is 29.1 Å². The summed E-state index contributed by atoms with van der Waals surface area (Å²) in [5.41, 5.74) is 3.85. The van der Waals surface area contributed by atoms with Crippen LogP contribution in [0, 0.1) is 13.8 Å². The van der Waals surface area contributed by atoms with Crippen molar-refractivity contribution in [3.05, 3.63) is 51.4 Å². The van der Waals surface area contributed by atoms with Gasteiger partial charge < -0.3 is 16.0 Å². The average Bonchev–Trinajstić information content (AvgIpc) is 2.93. The number of amides is 1. The Balaban J connectivity index is 1.46. The third kappa shape index (κ3) is 3.73. The van der Waals surface area contributed by atoms with Crippen molar-refractivity contribution in [2.75, 3.05) is 23.7 Å². The van der Waals surface area contributed by atoms with Crippen LogP contribution in [0.5, 0.6) is 0 Å². The Hall–Kier alpha value is -2.83. The largest absolute Gasteiger partial charge is 0.373 e. The standard InChI is InChI=1S/C17H21N5O2/c1-10-3-4-13-12(7-10)9-14(21-13)16(24)18-5-6-19-17-20-11(2)8-15(23)22-17/h3-4,7-8,14,21H,5-6,9H2,1-2H3,(H,18,24)(H2,19,20,22,23). The van der Waals surface area contributed by atoms with Gasteiger partial charge in [0.05, 0.1) is 0 Å². The molecule has 4 N–H and O–H groups in total. The van der Waals surface area contributed by atoms with Crippen molar-refractivity contribution >= 4 is 17.5 Å². The number of carbonyl (C=O) groups is 1. The molecule has 2 aromatic rings. The number of carbonyl (C=O) groups excluding carboxylic acids is 1. The van der Waals surface area contributed by atoms with Gasteiger partial charge in [-0.2, -0.15) is 0 Å². The summed E-state index contributed by atoms with van der Waals surface area (Å²) in [5.74, 6) is 0.382. The molecule has 0 saturated heterocycles. The van der Waals surface area contributed by atoms with E-state index in [4.69, 9.17) is 0 Å². The van der Waals surface area contributed by atoms with E-state index < -0.39 is 0 Å². The van der Waals surface area contributed by atoms with Crippen molar-refractivity contribution < 1.29 is 4.79 Å². The molecule has 1 aliphatic rings. The molecule has 1 aliphatic heterocycles. The molecule has 24 heavy (non-hydrogen) atoms. The van der Waals surface area contributed by atoms with E-state index in [1.54, 1.807) is 6.92 Å². The lowest BCUT2D eigenvalue weighted by molar-refractivity contribution is -0.121. The molecular formula is C17H21N5O2. The number of fused-ring (bicyclic) bond motifs is 1. The molecule has 1 aromatic heterocycles. The molecule has 1 unspecified atom stereocenters. The highest BCUT2D eigenvalue weighted by Crippen LogP contribution is 2.26. The first-order valence-corrected chi connectivity index (χ1v) is 7.97. The molecule has 0 bridgehead atoms. The van der Waals surface area contributed by atoms with Crippen molar-refractivity contribution in [2.45, 2.75) is 26.3 Å². The van der Waals surface area contributed by atoms with Gasteiger partial charge in [0.1, 0.15) is 6.04 Å². The minimum Gasteiger partial charge on any atom is -0.373 e. The van der Waals surface area contributed by atoms with E-state index in [-0.39, 0.29) is 17.5 Å². The third-order valence-electron chi connectivity index (χ3n) is 3.92. The van der Waals surface area contributed by atoms with Gasteiger partial charge in [0, 0.05) is 37.0 Å². The Morgan fingerprint density at radius 2 is 2.12 bits per heavy atom. The fourth-order valence-corrected chi connectivity index (χ4v) is 2.80. The summed E-state index contributed by atoms with van der Waals surface area (Å²) in [5, 5.41) is 9.13. The molecule has 1 amide bonds. The molecule has 126 valence electrons. The molecule has 3 rings (SSSR count). The van der Waals surface area contributed by atoms with Gasteiger partial charge in [-0.1, -0.05) is 17.7 Å². The van der Waals surface area contributed by atoms with Crippen molar-refractivity contribution in [3.63, 3.8) is 0 Å². The maximum Gasteiger partial charge on any atom is 0.252 e. The molecule has 0 saturated carbocycles. The van der Waals surface area contributed by atoms with E-state index >= 15 is 0 Å². The zero-order chi connectivity index (χ0) is 17.1. The molecular weight excluding hydrogens is 306 g/mol. The van der Waals surface area contributed by atoms with Gasteiger partial charge in [-0.3, -0.25) is 14.6 Å². The van der Waals surface area contributed by atoms with Crippen molar-refractivity contribution in [3.8, 4) is 0 Å². The topological polar surface area (TPSA) is 98.9 Å². The second-order valence-corrected chi connectivity index (χ2v) is 6.01. The first-order chi connectivity index (χ1) is 11.5. The molecule has 0 fully saturated rings. The van der Waals surface area contributed by atoms with E-state index in [0.717, 1.165) is 5.69 Å². The van der Waals surface area contributed by atoms with Crippen LogP contribution in [0.25, 0.3) is 0 Å². The highest BCUT2D eigenvalue weighted by Gasteiger charge is 2.26. The monoisotopic (exact) mass is 327 g/mol. The number of anilines is 2. The summed E-state index contributed by atoms with van der Waals surface area (Å²) >= 11 is 0. The normalized spacial score (nSPS) is 15.5. The molecule has 2 heterocycles. The lowest BCUT2D eigenvalue weighted by atomic mass is 10.1. The van der Waals surface area contributed by atoms with Crippen LogP contribution < -0.4 is 21.5 Å². The number of H-pyrrole nitrogens is 1. The summed E-state index contributed by atoms with van der Waals surface area (Å²) in [7, 11) is 0. The van der Waals surface area contributed by atoms with Crippen LogP contribution in [0.4, 0.5) is 11.6 Å². The molecule has 0 aliphatic carbocycles. The molecule has 0 radical (unpaired) electrons. The summed E-state index contributed by atoms with van der Waals surface area (Å²) in [4.78, 5) is 30.4. The van der Waals surface area contributed by atoms with Gasteiger partial charge in [0.15, 0.2) is 0 Å². The van der Waals surface area contributed by atoms with Gasteiger partial charge in [-0.15, -0.1) is 0 Å². The van der Waals surface area contributed by atoms with E-state index in [1.165, 1.54) is 17.2 Å². The van der Waals surface area contributed by atoms with Crippen LogP contribution >= 0.6 is 0 Å². The fourth-order valence-electron chi connectivity index (χ4n) is 2.80. The lowest BCUT2D eigenvalue weighted by Crippen LogP contribution is -2.40. The first-order valence-electron chi connectivity index (χ1n) is 7.97. The Labute approximate surface area is 139 Å². The zero-order valence-corrected chi connectivity index (χ0v) is 13.8. The Morgan fingerprint density at radius 1 is 1.29 bits per heavy atom. The van der Waals surface area contributed by atoms with Crippen molar-refractivity contribution in [1.82, 2.24) is 15.3 Å². The Kier molecular flexibility index (Phi) is 4.50. The number of benzene rings is 1. The van der Waals surface area contributed by atoms with E-state index in [9.17, 15) is 9.59 Å². The molecule has 7 nitrogen and oxygen atoms in total. The van der Waals surface area contributed by atoms with Crippen LogP contribution in [-0.4, -0.2) is 35.0 Å². The van der Waals surface area contributed by atoms with Crippen LogP contribution in [0.1, 0.15) is 16.8 Å². The summed E-state index contributed by atoms with van der Waals surface area (Å²) in [6, 6.07) is 7.35. The predicted molar refractivity (Wildman–Crippen MR) is 93.4 cm³/mol. The van der Waals surface area contributed by atoms with Crippen LogP contribution in [0.3, 0.4) is 0 Å². The van der Waals surface area contributed by atoms with Gasteiger partial charge in [0.25, 0.3) is 5.56 Å². The number of nitrogens with one attached hydrogen (secondary N) is 4. The number of hydrogen-bond donors (Lipinski definition) is 4. The number of aromatic amines is 1. The number of rotatable bonds is 5. The highest BCUT2D eigenvalue weighted by molar-refractivity contribution is 5.87. The molecule has 0 spiro atoms. The lowest BCUT2D eigenvalue weighted by Gasteiger charge is -2.12. The quantitative estimate of drug-likeness (QED) is 0.613. The van der Waals surface area contributed by atoms with Crippen molar-refractivity contribution in [2.24, 2.45) is 0 Å². The minimum absolute atomic E-state index is 0.0312. The van der Waals surface area contributed by atoms with E-state index in [1.807, 2.05) is 19.1 Å². The Morgan fingerprint density at radius 3 is 2.92 bits per heavy atom. The summed E-state index contributed by atoms with van der Waals surface area (Å²) in [6.45, 7) is 4.73. The van der Waals surface area contributed by atoms with E-state index in [0.29, 0.717) is 31.2 Å². The maximum absolute atomic E-state index is 12.2. The number of nitrogens with zero attached hydrogens (tertiary/aromatic N) is 1. The van der Waals surface area contributed by atoms with Crippen molar-refractivity contribution in [1.29, 1.82) is 0 Å². The second kappa shape index (κ2) is 6.74. The van der Waals surface area contributed by atoms with Gasteiger partial charge in [0.2, 0.25) is 11.9 Å². The predicted octanol–water partition coefficient (Wildman–Crippen LogP) is 0.952. The SMILES string of the molecule is Cc1ccc2c(c1)CC(C(=O)NCCNc1nc(C)cc(=O)[nH]1)N2. The average molecular weight is 327 g/mol. The molecule has 7 heteroatoms. The highest BCUT2D eigenvalue weighted by atomic mass is 16.2. The van der Waals surface area contributed by atoms with Crippen LogP contribution in [-0.2, 0) is 11.2 Å². The number of hydrogen-bond acceptors (Lipinski definition) is 5. The van der Waals surface area contributed by atoms with Crippen LogP contribution in [0.2, 0.25) is 0 Å². The van der Waals surface area contributed by atoms with E-state index in [2.05, 4.69) is 32.0 Å². The van der Waals surface area contributed by atoms with Gasteiger partial charge in [-0.25, -0.2) is 4.98 Å².